The molecule has 0 aromatic heterocycles. The average molecular weight is 725 g/mol. The predicted octanol–water partition coefficient (Wildman–Crippen LogP) is 3.89. The maximum absolute atomic E-state index is 14.0. The Morgan fingerprint density at radius 3 is 2.59 bits per heavy atom. The molecular weight excluding hydrogens is 682 g/mol. The van der Waals surface area contributed by atoms with E-state index in [0.29, 0.717) is 45.0 Å². The second kappa shape index (κ2) is 16.5. The van der Waals surface area contributed by atoms with E-state index < -0.39 is 24.2 Å². The van der Waals surface area contributed by atoms with Crippen LogP contribution in [0.5, 0.6) is 11.5 Å². The van der Waals surface area contributed by atoms with Crippen molar-refractivity contribution in [3.05, 3.63) is 68.6 Å². The van der Waals surface area contributed by atoms with Crippen molar-refractivity contribution >= 4 is 34.4 Å². The molecule has 4 N–H and O–H groups in total. The molecule has 0 saturated heterocycles. The Balaban J connectivity index is 1.66. The molecule has 240 valence electrons. The van der Waals surface area contributed by atoms with Crippen LogP contribution in [0.15, 0.2) is 48.0 Å². The average Bonchev–Trinajstić information content (AvgIpc) is 3.55. The second-order valence-electron chi connectivity index (χ2n) is 11.4. The molecule has 2 amide bonds. The SMILES string of the molecule is COc1cc(CO)cc(I)c1O[C@H]1C=C(C(=O)NCCO)C[C@@H](N(CCc2cccc(F)c2)C(=O)CCC2CCCC2)[C@@H]1O. The lowest BCUT2D eigenvalue weighted by atomic mass is 9.87. The summed E-state index contributed by atoms with van der Waals surface area (Å²) in [6, 6.07) is 8.80. The third-order valence-corrected chi connectivity index (χ3v) is 9.23. The molecule has 2 aromatic rings. The fraction of sp³-hybridized carbons (Fsp3) is 0.515. The molecule has 44 heavy (non-hydrogen) atoms. The first-order valence-corrected chi connectivity index (χ1v) is 16.3. The molecule has 1 saturated carbocycles. The topological polar surface area (TPSA) is 129 Å². The Labute approximate surface area is 271 Å². The summed E-state index contributed by atoms with van der Waals surface area (Å²) in [5.41, 5.74) is 1.66. The molecule has 0 spiro atoms. The maximum Gasteiger partial charge on any atom is 0.247 e. The van der Waals surface area contributed by atoms with Crippen LogP contribution in [0.3, 0.4) is 0 Å². The number of rotatable bonds is 14. The lowest BCUT2D eigenvalue weighted by Crippen LogP contribution is -2.55. The molecule has 9 nitrogen and oxygen atoms in total. The standard InChI is InChI=1S/C33H42FIN2O7/c1-43-29-17-23(20-39)16-26(35)32(29)44-28-19-24(33(42)36-12-14-38)18-27(31(28)41)37(13-11-22-7-4-8-25(34)15-22)30(40)10-9-21-5-2-3-6-21/h4,7-8,15-17,19,21,27-28,31,38-39,41H,2-3,5-6,9-14,18,20H2,1H3,(H,36,42)/t27-,28+,31+/m1/s1. The number of carbonyl (C=O) groups is 2. The van der Waals surface area contributed by atoms with E-state index in [-0.39, 0.29) is 44.4 Å². The fourth-order valence-corrected chi connectivity index (χ4v) is 6.88. The summed E-state index contributed by atoms with van der Waals surface area (Å²) < 4.78 is 26.5. The van der Waals surface area contributed by atoms with Crippen molar-refractivity contribution in [3.63, 3.8) is 0 Å². The van der Waals surface area contributed by atoms with Gasteiger partial charge in [0.1, 0.15) is 18.0 Å². The van der Waals surface area contributed by atoms with Gasteiger partial charge in [-0.3, -0.25) is 9.59 Å². The monoisotopic (exact) mass is 724 g/mol. The molecule has 0 unspecified atom stereocenters. The first-order chi connectivity index (χ1) is 21.2. The molecular formula is C33H42FIN2O7. The van der Waals surface area contributed by atoms with Crippen LogP contribution in [-0.2, 0) is 22.6 Å². The van der Waals surface area contributed by atoms with Gasteiger partial charge >= 0.3 is 0 Å². The number of ether oxygens (including phenoxy) is 2. The van der Waals surface area contributed by atoms with Gasteiger partial charge in [0, 0.05) is 31.5 Å². The summed E-state index contributed by atoms with van der Waals surface area (Å²) in [5, 5.41) is 33.4. The van der Waals surface area contributed by atoms with E-state index in [4.69, 9.17) is 9.47 Å². The number of amides is 2. The zero-order valence-electron chi connectivity index (χ0n) is 25.0. The van der Waals surface area contributed by atoms with E-state index in [9.17, 15) is 29.3 Å². The highest BCUT2D eigenvalue weighted by atomic mass is 127. The van der Waals surface area contributed by atoms with Crippen molar-refractivity contribution in [2.45, 2.75) is 76.2 Å². The van der Waals surface area contributed by atoms with Crippen LogP contribution in [0.25, 0.3) is 0 Å². The van der Waals surface area contributed by atoms with E-state index in [2.05, 4.69) is 27.9 Å². The summed E-state index contributed by atoms with van der Waals surface area (Å²) in [6.45, 7) is -0.165. The number of aliphatic hydroxyl groups is 3. The first kappa shape index (κ1) is 34.1. The van der Waals surface area contributed by atoms with Gasteiger partial charge in [-0.25, -0.2) is 4.39 Å². The molecule has 0 aliphatic heterocycles. The largest absolute Gasteiger partial charge is 0.493 e. The lowest BCUT2D eigenvalue weighted by Gasteiger charge is -2.41. The van der Waals surface area contributed by atoms with Gasteiger partial charge in [0.2, 0.25) is 11.8 Å². The Bertz CT molecular complexity index is 1320. The number of nitrogens with one attached hydrogen (secondary N) is 1. The maximum atomic E-state index is 14.0. The quantitative estimate of drug-likeness (QED) is 0.218. The van der Waals surface area contributed by atoms with Crippen LogP contribution in [0.2, 0.25) is 0 Å². The molecule has 2 aliphatic rings. The van der Waals surface area contributed by atoms with Crippen LogP contribution in [0.4, 0.5) is 4.39 Å². The Kier molecular flexibility index (Phi) is 12.8. The third kappa shape index (κ3) is 8.92. The van der Waals surface area contributed by atoms with E-state index in [0.717, 1.165) is 24.8 Å². The smallest absolute Gasteiger partial charge is 0.247 e. The third-order valence-electron chi connectivity index (χ3n) is 8.43. The number of methoxy groups -OCH3 is 1. The number of aliphatic hydroxyl groups excluding tert-OH is 3. The lowest BCUT2D eigenvalue weighted by molar-refractivity contribution is -0.138. The molecule has 3 atom stereocenters. The zero-order valence-corrected chi connectivity index (χ0v) is 27.2. The molecule has 0 radical (unpaired) electrons. The van der Waals surface area contributed by atoms with Crippen molar-refractivity contribution < 1.29 is 38.8 Å². The van der Waals surface area contributed by atoms with Gasteiger partial charge in [-0.05, 0) is 82.8 Å². The van der Waals surface area contributed by atoms with E-state index >= 15 is 0 Å². The summed E-state index contributed by atoms with van der Waals surface area (Å²) in [7, 11) is 1.47. The van der Waals surface area contributed by atoms with E-state index in [1.165, 1.54) is 32.1 Å². The predicted molar refractivity (Wildman–Crippen MR) is 172 cm³/mol. The Hall–Kier alpha value is -2.74. The van der Waals surface area contributed by atoms with Crippen LogP contribution in [-0.4, -0.2) is 77.1 Å². The van der Waals surface area contributed by atoms with E-state index in [1.54, 1.807) is 35.2 Å². The van der Waals surface area contributed by atoms with E-state index in [1.807, 2.05) is 0 Å². The van der Waals surface area contributed by atoms with Gasteiger partial charge in [0.05, 0.1) is 29.9 Å². The molecule has 2 aromatic carbocycles. The molecule has 0 heterocycles. The number of carbonyl (C=O) groups excluding carboxylic acids is 2. The highest BCUT2D eigenvalue weighted by Gasteiger charge is 2.41. The number of nitrogens with zero attached hydrogens (tertiary/aromatic N) is 1. The highest BCUT2D eigenvalue weighted by Crippen LogP contribution is 2.37. The van der Waals surface area contributed by atoms with Gasteiger partial charge in [0.15, 0.2) is 11.5 Å². The minimum Gasteiger partial charge on any atom is -0.493 e. The molecule has 0 bridgehead atoms. The van der Waals surface area contributed by atoms with Gasteiger partial charge in [0.25, 0.3) is 0 Å². The van der Waals surface area contributed by atoms with Crippen molar-refractivity contribution in [1.82, 2.24) is 10.2 Å². The van der Waals surface area contributed by atoms with Crippen molar-refractivity contribution in [3.8, 4) is 11.5 Å². The summed E-state index contributed by atoms with van der Waals surface area (Å²) in [6.07, 6.45) is 5.38. The van der Waals surface area contributed by atoms with Gasteiger partial charge in [-0.1, -0.05) is 37.8 Å². The van der Waals surface area contributed by atoms with Crippen LogP contribution >= 0.6 is 22.6 Å². The molecule has 1 fully saturated rings. The van der Waals surface area contributed by atoms with Crippen molar-refractivity contribution in [2.24, 2.45) is 5.92 Å². The summed E-state index contributed by atoms with van der Waals surface area (Å²) in [5.74, 6) is 0.255. The van der Waals surface area contributed by atoms with Crippen LogP contribution < -0.4 is 14.8 Å². The normalized spacial score (nSPS) is 20.2. The Morgan fingerprint density at radius 2 is 1.91 bits per heavy atom. The molecule has 4 rings (SSSR count). The minimum atomic E-state index is -1.20. The van der Waals surface area contributed by atoms with Gasteiger partial charge in [-0.2, -0.15) is 0 Å². The van der Waals surface area contributed by atoms with Crippen molar-refractivity contribution in [1.29, 1.82) is 0 Å². The summed E-state index contributed by atoms with van der Waals surface area (Å²) in [4.78, 5) is 28.7. The zero-order chi connectivity index (χ0) is 31.6. The van der Waals surface area contributed by atoms with Crippen LogP contribution in [0.1, 0.15) is 56.1 Å². The number of benzene rings is 2. The highest BCUT2D eigenvalue weighted by molar-refractivity contribution is 14.1. The van der Waals surface area contributed by atoms with Gasteiger partial charge in [-0.15, -0.1) is 0 Å². The second-order valence-corrected chi connectivity index (χ2v) is 12.6. The fourth-order valence-electron chi connectivity index (χ4n) is 6.08. The number of halogens is 2. The minimum absolute atomic E-state index is 0.0485. The number of hydrogen-bond acceptors (Lipinski definition) is 7. The van der Waals surface area contributed by atoms with Crippen molar-refractivity contribution in [2.75, 3.05) is 26.8 Å². The Morgan fingerprint density at radius 1 is 1.14 bits per heavy atom. The van der Waals surface area contributed by atoms with Gasteiger partial charge < -0.3 is 35.0 Å². The molecule has 11 heteroatoms. The molecule has 2 aliphatic carbocycles. The number of hydrogen-bond donors (Lipinski definition) is 4. The summed E-state index contributed by atoms with van der Waals surface area (Å²) >= 11 is 2.06. The van der Waals surface area contributed by atoms with Crippen LogP contribution in [0, 0.1) is 15.3 Å². The first-order valence-electron chi connectivity index (χ1n) is 15.2.